The number of anilines is 1. The van der Waals surface area contributed by atoms with Gasteiger partial charge < -0.3 is 9.80 Å². The van der Waals surface area contributed by atoms with Crippen LogP contribution in [0.2, 0.25) is 0 Å². The standard InChI is InChI=1S/C22H23N5O3/c1-2-16-3-5-17(6-4-16)20-15-21(24-23-20)22(28)26-13-11-25(12-14-26)18-7-9-19(10-8-18)27(29)30/h3-10,15H,2,11-14H2,1H3,(H,23,24). The summed E-state index contributed by atoms with van der Waals surface area (Å²) in [5, 5.41) is 18.0. The van der Waals surface area contributed by atoms with E-state index in [1.165, 1.54) is 17.7 Å². The molecule has 2 aromatic carbocycles. The molecule has 1 aromatic heterocycles. The summed E-state index contributed by atoms with van der Waals surface area (Å²) in [6.45, 7) is 4.61. The van der Waals surface area contributed by atoms with E-state index >= 15 is 0 Å². The van der Waals surface area contributed by atoms with Gasteiger partial charge in [0.05, 0.1) is 10.6 Å². The topological polar surface area (TPSA) is 95.4 Å². The van der Waals surface area contributed by atoms with Gasteiger partial charge in [0.15, 0.2) is 0 Å². The molecular weight excluding hydrogens is 382 g/mol. The summed E-state index contributed by atoms with van der Waals surface area (Å²) in [5.41, 5.74) is 4.47. The van der Waals surface area contributed by atoms with E-state index in [2.05, 4.69) is 34.2 Å². The Morgan fingerprint density at radius 1 is 1.07 bits per heavy atom. The fourth-order valence-electron chi connectivity index (χ4n) is 3.61. The van der Waals surface area contributed by atoms with Gasteiger partial charge in [0.1, 0.15) is 5.69 Å². The van der Waals surface area contributed by atoms with Crippen LogP contribution in [-0.4, -0.2) is 52.1 Å². The predicted octanol–water partition coefficient (Wildman–Crippen LogP) is 3.51. The third-order valence-corrected chi connectivity index (χ3v) is 5.46. The number of H-pyrrole nitrogens is 1. The van der Waals surface area contributed by atoms with Crippen molar-refractivity contribution in [3.63, 3.8) is 0 Å². The lowest BCUT2D eigenvalue weighted by atomic mass is 10.1. The highest BCUT2D eigenvalue weighted by Crippen LogP contribution is 2.22. The summed E-state index contributed by atoms with van der Waals surface area (Å²) in [7, 11) is 0. The molecule has 0 unspecified atom stereocenters. The number of carbonyl (C=O) groups excluding carboxylic acids is 1. The van der Waals surface area contributed by atoms with Crippen molar-refractivity contribution in [2.75, 3.05) is 31.1 Å². The number of benzene rings is 2. The number of nitro groups is 1. The molecule has 0 radical (unpaired) electrons. The third-order valence-electron chi connectivity index (χ3n) is 5.46. The third kappa shape index (κ3) is 4.03. The second-order valence-corrected chi connectivity index (χ2v) is 7.27. The number of aryl methyl sites for hydroxylation is 1. The zero-order valence-corrected chi connectivity index (χ0v) is 16.7. The van der Waals surface area contributed by atoms with Gasteiger partial charge in [-0.05, 0) is 30.2 Å². The number of hydrogen-bond acceptors (Lipinski definition) is 5. The van der Waals surface area contributed by atoms with Gasteiger partial charge in [0, 0.05) is 49.6 Å². The number of nitrogens with one attached hydrogen (secondary N) is 1. The van der Waals surface area contributed by atoms with Crippen molar-refractivity contribution in [2.45, 2.75) is 13.3 Å². The maximum absolute atomic E-state index is 12.9. The largest absolute Gasteiger partial charge is 0.368 e. The molecular formula is C22H23N5O3. The van der Waals surface area contributed by atoms with Crippen LogP contribution in [0.4, 0.5) is 11.4 Å². The van der Waals surface area contributed by atoms with Crippen LogP contribution in [0.15, 0.2) is 54.6 Å². The van der Waals surface area contributed by atoms with Crippen molar-refractivity contribution < 1.29 is 9.72 Å². The molecule has 0 spiro atoms. The monoisotopic (exact) mass is 405 g/mol. The van der Waals surface area contributed by atoms with Crippen molar-refractivity contribution in [3.8, 4) is 11.3 Å². The van der Waals surface area contributed by atoms with Gasteiger partial charge in [-0.1, -0.05) is 31.2 Å². The molecule has 0 aliphatic carbocycles. The molecule has 1 fully saturated rings. The number of non-ortho nitro benzene ring substituents is 1. The van der Waals surface area contributed by atoms with Crippen molar-refractivity contribution in [2.24, 2.45) is 0 Å². The molecule has 2 heterocycles. The van der Waals surface area contributed by atoms with Crippen LogP contribution in [0.25, 0.3) is 11.3 Å². The van der Waals surface area contributed by atoms with E-state index in [0.717, 1.165) is 23.4 Å². The minimum absolute atomic E-state index is 0.0673. The van der Waals surface area contributed by atoms with Crippen LogP contribution >= 0.6 is 0 Å². The summed E-state index contributed by atoms with van der Waals surface area (Å²) in [5.74, 6) is -0.0673. The van der Waals surface area contributed by atoms with Gasteiger partial charge in [0.2, 0.25) is 0 Å². The average molecular weight is 405 g/mol. The van der Waals surface area contributed by atoms with E-state index in [9.17, 15) is 14.9 Å². The van der Waals surface area contributed by atoms with E-state index in [-0.39, 0.29) is 11.6 Å². The number of hydrogen-bond donors (Lipinski definition) is 1. The molecule has 1 aliphatic heterocycles. The van der Waals surface area contributed by atoms with Crippen molar-refractivity contribution in [3.05, 3.63) is 76.0 Å². The summed E-state index contributed by atoms with van der Waals surface area (Å²) >= 11 is 0. The van der Waals surface area contributed by atoms with Gasteiger partial charge in [-0.3, -0.25) is 20.0 Å². The number of carbonyl (C=O) groups is 1. The number of aromatic amines is 1. The first kappa shape index (κ1) is 19.6. The Hall–Kier alpha value is -3.68. The van der Waals surface area contributed by atoms with Crippen molar-refractivity contribution in [1.29, 1.82) is 0 Å². The summed E-state index contributed by atoms with van der Waals surface area (Å²) < 4.78 is 0. The minimum atomic E-state index is -0.406. The van der Waals surface area contributed by atoms with Gasteiger partial charge in [0.25, 0.3) is 11.6 Å². The Morgan fingerprint density at radius 2 is 1.73 bits per heavy atom. The zero-order chi connectivity index (χ0) is 21.1. The van der Waals surface area contributed by atoms with Gasteiger partial charge >= 0.3 is 0 Å². The number of nitrogens with zero attached hydrogens (tertiary/aromatic N) is 4. The van der Waals surface area contributed by atoms with E-state index in [4.69, 9.17) is 0 Å². The maximum atomic E-state index is 12.9. The summed E-state index contributed by atoms with van der Waals surface area (Å²) in [6, 6.07) is 16.5. The molecule has 4 rings (SSSR count). The number of piperazine rings is 1. The first-order valence-electron chi connectivity index (χ1n) is 9.98. The Labute approximate surface area is 174 Å². The van der Waals surface area contributed by atoms with Gasteiger partial charge in [-0.15, -0.1) is 0 Å². The SMILES string of the molecule is CCc1ccc(-c2cc(C(=O)N3CCN(c4ccc([N+](=O)[O-])cc4)CC3)[nH]n2)cc1. The maximum Gasteiger partial charge on any atom is 0.272 e. The summed E-state index contributed by atoms with van der Waals surface area (Å²) in [6.07, 6.45) is 0.983. The lowest BCUT2D eigenvalue weighted by Gasteiger charge is -2.35. The van der Waals surface area contributed by atoms with E-state index in [1.54, 1.807) is 23.1 Å². The Morgan fingerprint density at radius 3 is 2.33 bits per heavy atom. The first-order chi connectivity index (χ1) is 14.5. The summed E-state index contributed by atoms with van der Waals surface area (Å²) in [4.78, 5) is 27.2. The highest BCUT2D eigenvalue weighted by atomic mass is 16.6. The van der Waals surface area contributed by atoms with Crippen LogP contribution in [0.5, 0.6) is 0 Å². The second-order valence-electron chi connectivity index (χ2n) is 7.27. The number of rotatable bonds is 5. The van der Waals surface area contributed by atoms with Crippen molar-refractivity contribution >= 4 is 17.3 Å². The predicted molar refractivity (Wildman–Crippen MR) is 115 cm³/mol. The molecule has 0 atom stereocenters. The quantitative estimate of drug-likeness (QED) is 0.518. The smallest absolute Gasteiger partial charge is 0.272 e. The van der Waals surface area contributed by atoms with Crippen LogP contribution in [0, 0.1) is 10.1 Å². The Bertz CT molecular complexity index is 1040. The van der Waals surface area contributed by atoms with Gasteiger partial charge in [-0.25, -0.2) is 0 Å². The van der Waals surface area contributed by atoms with Gasteiger partial charge in [-0.2, -0.15) is 5.10 Å². The number of amides is 1. The second kappa shape index (κ2) is 8.36. The molecule has 8 nitrogen and oxygen atoms in total. The van der Waals surface area contributed by atoms with Crippen LogP contribution in [0.3, 0.4) is 0 Å². The Kier molecular flexibility index (Phi) is 5.47. The minimum Gasteiger partial charge on any atom is -0.368 e. The van der Waals surface area contributed by atoms with Crippen LogP contribution in [-0.2, 0) is 6.42 Å². The van der Waals surface area contributed by atoms with E-state index in [1.807, 2.05) is 12.1 Å². The number of nitro benzene ring substituents is 1. The zero-order valence-electron chi connectivity index (χ0n) is 16.7. The van der Waals surface area contributed by atoms with Crippen LogP contribution < -0.4 is 4.90 Å². The molecule has 154 valence electrons. The molecule has 1 amide bonds. The fraction of sp³-hybridized carbons (Fsp3) is 0.273. The molecule has 3 aromatic rings. The lowest BCUT2D eigenvalue weighted by Crippen LogP contribution is -2.48. The first-order valence-corrected chi connectivity index (χ1v) is 9.98. The molecule has 1 saturated heterocycles. The Balaban J connectivity index is 1.38. The molecule has 0 saturated carbocycles. The average Bonchev–Trinajstić information content (AvgIpc) is 3.29. The highest BCUT2D eigenvalue weighted by molar-refractivity contribution is 5.93. The van der Waals surface area contributed by atoms with E-state index < -0.39 is 4.92 Å². The number of aromatic nitrogens is 2. The van der Waals surface area contributed by atoms with E-state index in [0.29, 0.717) is 31.9 Å². The highest BCUT2D eigenvalue weighted by Gasteiger charge is 2.24. The fourth-order valence-corrected chi connectivity index (χ4v) is 3.61. The normalized spacial score (nSPS) is 14.0. The molecule has 0 bridgehead atoms. The molecule has 8 heteroatoms. The lowest BCUT2D eigenvalue weighted by molar-refractivity contribution is -0.384. The molecule has 30 heavy (non-hydrogen) atoms. The molecule has 1 aliphatic rings. The van der Waals surface area contributed by atoms with Crippen LogP contribution in [0.1, 0.15) is 23.0 Å². The molecule has 1 N–H and O–H groups in total. The van der Waals surface area contributed by atoms with Crippen molar-refractivity contribution in [1.82, 2.24) is 15.1 Å².